The molecule has 3 fully saturated rings. The molecule has 3 heterocycles. The molecule has 0 aliphatic carbocycles. The molecular formula is C19H32N4O4. The lowest BCUT2D eigenvalue weighted by atomic mass is 9.60. The van der Waals surface area contributed by atoms with Crippen LogP contribution in [0.3, 0.4) is 0 Å². The molecule has 3 saturated heterocycles. The number of hydrogen-bond acceptors (Lipinski definition) is 4. The number of ether oxygens (including phenoxy) is 1. The first-order valence-electron chi connectivity index (χ1n) is 9.82. The number of fused-ring (bicyclic) bond motifs is 1. The number of urea groups is 1. The fourth-order valence-corrected chi connectivity index (χ4v) is 5.30. The van der Waals surface area contributed by atoms with Crippen molar-refractivity contribution in [3.05, 3.63) is 0 Å². The van der Waals surface area contributed by atoms with E-state index in [4.69, 9.17) is 4.74 Å². The van der Waals surface area contributed by atoms with Gasteiger partial charge in [0.1, 0.15) is 6.61 Å². The smallest absolute Gasteiger partial charge is 0.319 e. The fourth-order valence-electron chi connectivity index (χ4n) is 5.30. The zero-order chi connectivity index (χ0) is 19.8. The van der Waals surface area contributed by atoms with Gasteiger partial charge in [-0.2, -0.15) is 0 Å². The molecule has 2 spiro atoms. The minimum atomic E-state index is -0.509. The SMILES string of the molecule is CCN1CCC2(CN(C(=O)N(C)C)CC23CCN(C(=O)COC)CC3)C1=O. The molecular weight excluding hydrogens is 348 g/mol. The monoisotopic (exact) mass is 380 g/mol. The van der Waals surface area contributed by atoms with Gasteiger partial charge in [-0.25, -0.2) is 4.79 Å². The first-order valence-corrected chi connectivity index (χ1v) is 9.82. The Hall–Kier alpha value is -1.83. The van der Waals surface area contributed by atoms with Gasteiger partial charge in [0.25, 0.3) is 0 Å². The van der Waals surface area contributed by atoms with Gasteiger partial charge in [0.15, 0.2) is 0 Å². The van der Waals surface area contributed by atoms with E-state index in [2.05, 4.69) is 0 Å². The molecule has 0 aromatic carbocycles. The quantitative estimate of drug-likeness (QED) is 0.714. The Balaban J connectivity index is 1.86. The predicted molar refractivity (Wildman–Crippen MR) is 100 cm³/mol. The Morgan fingerprint density at radius 1 is 1.07 bits per heavy atom. The number of likely N-dealkylation sites (tertiary alicyclic amines) is 3. The number of amides is 4. The molecule has 0 bridgehead atoms. The van der Waals surface area contributed by atoms with Crippen LogP contribution in [0.5, 0.6) is 0 Å². The molecule has 1 unspecified atom stereocenters. The van der Waals surface area contributed by atoms with E-state index in [9.17, 15) is 14.4 Å². The van der Waals surface area contributed by atoms with Gasteiger partial charge in [-0.1, -0.05) is 0 Å². The van der Waals surface area contributed by atoms with Crippen molar-refractivity contribution in [3.8, 4) is 0 Å². The second kappa shape index (κ2) is 7.30. The summed E-state index contributed by atoms with van der Waals surface area (Å²) in [5.74, 6) is 0.185. The molecule has 0 aromatic heterocycles. The number of hydrogen-bond donors (Lipinski definition) is 0. The largest absolute Gasteiger partial charge is 0.375 e. The van der Waals surface area contributed by atoms with E-state index in [-0.39, 0.29) is 29.9 Å². The topological polar surface area (TPSA) is 73.4 Å². The standard InChI is InChI=1S/C19H32N4O4/c1-5-21-11-8-19(16(21)25)14-23(17(26)20(2)3)13-18(19)6-9-22(10-7-18)15(24)12-27-4/h5-14H2,1-4H3. The van der Waals surface area contributed by atoms with Gasteiger partial charge in [0, 0.05) is 65.9 Å². The average molecular weight is 380 g/mol. The van der Waals surface area contributed by atoms with Crippen molar-refractivity contribution in [2.45, 2.75) is 26.2 Å². The number of carbonyl (C=O) groups is 3. The summed E-state index contributed by atoms with van der Waals surface area (Å²) in [6.07, 6.45) is 2.30. The Morgan fingerprint density at radius 2 is 1.74 bits per heavy atom. The van der Waals surface area contributed by atoms with Crippen molar-refractivity contribution in [3.63, 3.8) is 0 Å². The highest BCUT2D eigenvalue weighted by Crippen LogP contribution is 2.57. The molecule has 1 atom stereocenters. The van der Waals surface area contributed by atoms with Crippen molar-refractivity contribution >= 4 is 17.8 Å². The molecule has 27 heavy (non-hydrogen) atoms. The Bertz CT molecular complexity index is 615. The summed E-state index contributed by atoms with van der Waals surface area (Å²) in [6.45, 7) is 5.88. The van der Waals surface area contributed by atoms with Crippen molar-refractivity contribution in [2.75, 3.05) is 67.1 Å². The molecule has 3 aliphatic rings. The molecule has 0 aromatic rings. The van der Waals surface area contributed by atoms with E-state index >= 15 is 0 Å². The molecule has 3 rings (SSSR count). The van der Waals surface area contributed by atoms with Crippen LogP contribution in [-0.4, -0.2) is 105 Å². The Labute approximate surface area is 161 Å². The lowest BCUT2D eigenvalue weighted by Gasteiger charge is -2.46. The molecule has 8 nitrogen and oxygen atoms in total. The fraction of sp³-hybridized carbons (Fsp3) is 0.842. The molecule has 3 aliphatic heterocycles. The predicted octanol–water partition coefficient (Wildman–Crippen LogP) is 0.477. The van der Waals surface area contributed by atoms with Gasteiger partial charge < -0.3 is 24.3 Å². The van der Waals surface area contributed by atoms with Crippen LogP contribution in [0.1, 0.15) is 26.2 Å². The summed E-state index contributed by atoms with van der Waals surface area (Å²) in [5.41, 5.74) is -0.755. The average Bonchev–Trinajstić information content (AvgIpc) is 3.14. The molecule has 0 saturated carbocycles. The van der Waals surface area contributed by atoms with Crippen LogP contribution in [-0.2, 0) is 14.3 Å². The lowest BCUT2D eigenvalue weighted by Crippen LogP contribution is -2.54. The van der Waals surface area contributed by atoms with Gasteiger partial charge in [0.2, 0.25) is 11.8 Å². The highest BCUT2D eigenvalue weighted by atomic mass is 16.5. The van der Waals surface area contributed by atoms with Crippen LogP contribution in [0.4, 0.5) is 4.79 Å². The second-order valence-corrected chi connectivity index (χ2v) is 8.34. The minimum Gasteiger partial charge on any atom is -0.375 e. The summed E-state index contributed by atoms with van der Waals surface area (Å²) >= 11 is 0. The number of piperidine rings is 1. The summed E-state index contributed by atoms with van der Waals surface area (Å²) in [6, 6.07) is -0.0353. The normalized spacial score (nSPS) is 27.1. The van der Waals surface area contributed by atoms with Crippen LogP contribution >= 0.6 is 0 Å². The lowest BCUT2D eigenvalue weighted by molar-refractivity contribution is -0.145. The summed E-state index contributed by atoms with van der Waals surface area (Å²) in [5, 5.41) is 0. The van der Waals surface area contributed by atoms with Crippen LogP contribution in [0, 0.1) is 10.8 Å². The van der Waals surface area contributed by atoms with E-state index in [1.807, 2.05) is 21.6 Å². The van der Waals surface area contributed by atoms with Gasteiger partial charge in [0.05, 0.1) is 5.41 Å². The van der Waals surface area contributed by atoms with E-state index in [1.54, 1.807) is 19.0 Å². The van der Waals surface area contributed by atoms with Crippen LogP contribution in [0.15, 0.2) is 0 Å². The van der Waals surface area contributed by atoms with E-state index < -0.39 is 5.41 Å². The van der Waals surface area contributed by atoms with Gasteiger partial charge in [-0.3, -0.25) is 9.59 Å². The first-order chi connectivity index (χ1) is 12.8. The zero-order valence-corrected chi connectivity index (χ0v) is 17.0. The van der Waals surface area contributed by atoms with Gasteiger partial charge in [-0.15, -0.1) is 0 Å². The zero-order valence-electron chi connectivity index (χ0n) is 17.0. The third-order valence-corrected chi connectivity index (χ3v) is 6.85. The molecule has 0 radical (unpaired) electrons. The Morgan fingerprint density at radius 3 is 2.26 bits per heavy atom. The van der Waals surface area contributed by atoms with Crippen LogP contribution < -0.4 is 0 Å². The summed E-state index contributed by atoms with van der Waals surface area (Å²) in [7, 11) is 5.03. The van der Waals surface area contributed by atoms with Crippen molar-refractivity contribution in [2.24, 2.45) is 10.8 Å². The number of methoxy groups -OCH3 is 1. The van der Waals surface area contributed by atoms with Gasteiger partial charge >= 0.3 is 6.03 Å². The van der Waals surface area contributed by atoms with Crippen molar-refractivity contribution in [1.82, 2.24) is 19.6 Å². The first kappa shape index (κ1) is 19.9. The maximum Gasteiger partial charge on any atom is 0.319 e. The highest BCUT2D eigenvalue weighted by Gasteiger charge is 2.65. The maximum absolute atomic E-state index is 13.4. The maximum atomic E-state index is 13.4. The minimum absolute atomic E-state index is 0.00597. The summed E-state index contributed by atoms with van der Waals surface area (Å²) < 4.78 is 4.98. The number of carbonyl (C=O) groups excluding carboxylic acids is 3. The number of rotatable bonds is 3. The third kappa shape index (κ3) is 3.07. The molecule has 152 valence electrons. The highest BCUT2D eigenvalue weighted by molar-refractivity contribution is 5.88. The molecule has 4 amide bonds. The van der Waals surface area contributed by atoms with Crippen LogP contribution in [0.25, 0.3) is 0 Å². The summed E-state index contributed by atoms with van der Waals surface area (Å²) in [4.78, 5) is 45.4. The number of nitrogens with zero attached hydrogens (tertiary/aromatic N) is 4. The Kier molecular flexibility index (Phi) is 5.38. The second-order valence-electron chi connectivity index (χ2n) is 8.34. The van der Waals surface area contributed by atoms with E-state index in [0.29, 0.717) is 32.7 Å². The molecule has 8 heteroatoms. The third-order valence-electron chi connectivity index (χ3n) is 6.85. The van der Waals surface area contributed by atoms with Crippen LogP contribution in [0.2, 0.25) is 0 Å². The van der Waals surface area contributed by atoms with Gasteiger partial charge in [-0.05, 0) is 26.2 Å². The van der Waals surface area contributed by atoms with E-state index in [1.165, 1.54) is 7.11 Å². The van der Waals surface area contributed by atoms with E-state index in [0.717, 1.165) is 25.8 Å². The molecule has 0 N–H and O–H groups in total. The van der Waals surface area contributed by atoms with Crippen molar-refractivity contribution in [1.29, 1.82) is 0 Å². The van der Waals surface area contributed by atoms with Crippen molar-refractivity contribution < 1.29 is 19.1 Å².